The van der Waals surface area contributed by atoms with Gasteiger partial charge in [-0.1, -0.05) is 6.92 Å². The molecule has 0 bridgehead atoms. The lowest BCUT2D eigenvalue weighted by atomic mass is 10.2. The van der Waals surface area contributed by atoms with Gasteiger partial charge in [0.25, 0.3) is 11.5 Å². The molecule has 1 aliphatic rings. The van der Waals surface area contributed by atoms with E-state index in [9.17, 15) is 39.6 Å². The topological polar surface area (TPSA) is 164 Å². The lowest BCUT2D eigenvalue weighted by Crippen LogP contribution is -2.28. The Labute approximate surface area is 209 Å². The Bertz CT molecular complexity index is 1740. The van der Waals surface area contributed by atoms with E-state index >= 15 is 0 Å². The van der Waals surface area contributed by atoms with Crippen LogP contribution in [0.4, 0.5) is 13.2 Å². The predicted octanol–water partition coefficient (Wildman–Crippen LogP) is 1.66. The zero-order valence-electron chi connectivity index (χ0n) is 19.8. The number of amides is 1. The molecule has 0 unspecified atom stereocenters. The van der Waals surface area contributed by atoms with Gasteiger partial charge in [-0.25, -0.2) is 26.8 Å². The van der Waals surface area contributed by atoms with Crippen molar-refractivity contribution in [3.8, 4) is 11.5 Å². The van der Waals surface area contributed by atoms with E-state index in [-0.39, 0.29) is 17.9 Å². The van der Waals surface area contributed by atoms with E-state index in [1.807, 2.05) is 0 Å². The first-order valence-electron chi connectivity index (χ1n) is 11.1. The Morgan fingerprint density at radius 3 is 2.24 bits per heavy atom. The normalized spacial score (nSPS) is 14.9. The van der Waals surface area contributed by atoms with Crippen molar-refractivity contribution in [2.24, 2.45) is 12.8 Å². The average Bonchev–Trinajstić information content (AvgIpc) is 3.62. The molecule has 0 aromatic carbocycles. The number of hydrogen-bond acceptors (Lipinski definition) is 8. The molecular formula is C21H22F3N5O6S2. The number of nitrogens with zero attached hydrogens (tertiary/aromatic N) is 4. The molecule has 0 saturated heterocycles. The van der Waals surface area contributed by atoms with Crippen molar-refractivity contribution in [1.29, 1.82) is 0 Å². The molecule has 3 heterocycles. The van der Waals surface area contributed by atoms with E-state index in [0.29, 0.717) is 23.5 Å². The van der Waals surface area contributed by atoms with Gasteiger partial charge in [0, 0.05) is 13.6 Å². The van der Waals surface area contributed by atoms with Gasteiger partial charge < -0.3 is 14.9 Å². The van der Waals surface area contributed by atoms with Crippen molar-refractivity contribution in [2.45, 2.75) is 54.6 Å². The summed E-state index contributed by atoms with van der Waals surface area (Å²) in [6, 6.07) is 1.45. The number of halogens is 3. The highest BCUT2D eigenvalue weighted by molar-refractivity contribution is 7.92. The van der Waals surface area contributed by atoms with Gasteiger partial charge in [0.15, 0.2) is 30.5 Å². The maximum atomic E-state index is 13.6. The first-order valence-corrected chi connectivity index (χ1v) is 14.2. The zero-order chi connectivity index (χ0) is 27.7. The van der Waals surface area contributed by atoms with Crippen LogP contribution in [0.1, 0.15) is 42.7 Å². The number of sulfone groups is 2. The molecule has 1 fully saturated rings. The van der Waals surface area contributed by atoms with Crippen LogP contribution in [0.15, 0.2) is 26.8 Å². The first kappa shape index (κ1) is 26.8. The number of carbonyl (C=O) groups excluding carboxylic acids is 1. The summed E-state index contributed by atoms with van der Waals surface area (Å²) in [7, 11) is -7.11. The number of aromatic nitrogens is 4. The Morgan fingerprint density at radius 2 is 1.76 bits per heavy atom. The average molecular weight is 562 g/mol. The van der Waals surface area contributed by atoms with Crippen LogP contribution in [0.2, 0.25) is 0 Å². The molecule has 11 nitrogen and oxygen atoms in total. The number of carbonyl (C=O) groups is 1. The number of hydrogen-bond donors (Lipinski definition) is 1. The monoisotopic (exact) mass is 561 g/mol. The fraction of sp³-hybridized carbons (Fsp3) is 0.429. The van der Waals surface area contributed by atoms with Crippen LogP contribution in [0.5, 0.6) is 0 Å². The maximum Gasteiger partial charge on any atom is 0.431 e. The predicted molar refractivity (Wildman–Crippen MR) is 125 cm³/mol. The molecule has 16 heteroatoms. The smallest absolute Gasteiger partial charge is 0.366 e. The van der Waals surface area contributed by atoms with Crippen LogP contribution in [0.25, 0.3) is 22.6 Å². The molecule has 1 amide bonds. The summed E-state index contributed by atoms with van der Waals surface area (Å²) in [5.41, 5.74) is 1.24. The largest absolute Gasteiger partial charge is 0.431 e. The second-order valence-corrected chi connectivity index (χ2v) is 12.9. The lowest BCUT2D eigenvalue weighted by molar-refractivity contribution is -0.144. The van der Waals surface area contributed by atoms with E-state index in [1.54, 1.807) is 0 Å². The second-order valence-electron chi connectivity index (χ2n) is 8.50. The van der Waals surface area contributed by atoms with Gasteiger partial charge >= 0.3 is 6.18 Å². The first-order chi connectivity index (χ1) is 17.1. The van der Waals surface area contributed by atoms with Crippen LogP contribution in [-0.4, -0.2) is 52.8 Å². The number of nitrogens with two attached hydrogens (primary N) is 1. The Hall–Kier alpha value is -3.27. The fourth-order valence-electron chi connectivity index (χ4n) is 4.04. The fourth-order valence-corrected chi connectivity index (χ4v) is 6.84. The number of imidazole rings is 1. The summed E-state index contributed by atoms with van der Waals surface area (Å²) in [6.07, 6.45) is -4.28. The van der Waals surface area contributed by atoms with Crippen LogP contribution >= 0.6 is 0 Å². The maximum absolute atomic E-state index is 13.6. The van der Waals surface area contributed by atoms with E-state index < -0.39 is 80.7 Å². The standard InChI is InChI=1S/C21H22F3N5O6S2/c1-4-29-14(21(22,23)24)9-12-16(20(29)31)28(3)18(26-12)15-13(36(32,33)5-2)8-11(17(25)30)19(27-15)37(34,35)10-6-7-10/h8-10H,4-7H2,1-3H3,(H2,25,30). The van der Waals surface area contributed by atoms with Gasteiger partial charge in [0.05, 0.1) is 27.0 Å². The number of aryl methyl sites for hydroxylation is 1. The summed E-state index contributed by atoms with van der Waals surface area (Å²) < 4.78 is 94.5. The molecular weight excluding hydrogens is 539 g/mol. The van der Waals surface area contributed by atoms with Crippen LogP contribution in [-0.2, 0) is 39.4 Å². The van der Waals surface area contributed by atoms with Crippen molar-refractivity contribution < 1.29 is 34.8 Å². The number of fused-ring (bicyclic) bond motifs is 1. The molecule has 1 saturated carbocycles. The van der Waals surface area contributed by atoms with Gasteiger partial charge in [-0.3, -0.25) is 9.59 Å². The highest BCUT2D eigenvalue weighted by Gasteiger charge is 2.42. The van der Waals surface area contributed by atoms with Crippen molar-refractivity contribution >= 4 is 36.6 Å². The minimum atomic E-state index is -4.88. The summed E-state index contributed by atoms with van der Waals surface area (Å²) in [5, 5.41) is -1.59. The molecule has 37 heavy (non-hydrogen) atoms. The minimum Gasteiger partial charge on any atom is -0.366 e. The van der Waals surface area contributed by atoms with E-state index in [1.165, 1.54) is 20.9 Å². The summed E-state index contributed by atoms with van der Waals surface area (Å²) in [4.78, 5) is 32.6. The van der Waals surface area contributed by atoms with Crippen LogP contribution in [0, 0.1) is 0 Å². The van der Waals surface area contributed by atoms with Crippen LogP contribution in [0.3, 0.4) is 0 Å². The molecule has 1 aliphatic carbocycles. The summed E-state index contributed by atoms with van der Waals surface area (Å²) in [6.45, 7) is 2.34. The molecule has 4 rings (SSSR count). The highest BCUT2D eigenvalue weighted by atomic mass is 32.2. The molecule has 3 aromatic heterocycles. The lowest BCUT2D eigenvalue weighted by Gasteiger charge is -2.14. The zero-order valence-corrected chi connectivity index (χ0v) is 21.5. The molecule has 0 atom stereocenters. The van der Waals surface area contributed by atoms with Crippen LogP contribution < -0.4 is 11.3 Å². The Balaban J connectivity index is 2.16. The van der Waals surface area contributed by atoms with Gasteiger partial charge in [0.1, 0.15) is 16.9 Å². The molecule has 0 spiro atoms. The number of primary amides is 1. The van der Waals surface area contributed by atoms with Gasteiger partial charge in [-0.15, -0.1) is 0 Å². The highest BCUT2D eigenvalue weighted by Crippen LogP contribution is 2.38. The number of rotatable bonds is 7. The van der Waals surface area contributed by atoms with Crippen molar-refractivity contribution in [3.05, 3.63) is 33.7 Å². The third-order valence-corrected chi connectivity index (χ3v) is 10.1. The molecule has 3 aromatic rings. The Kier molecular flexibility index (Phi) is 6.26. The third-order valence-electron chi connectivity index (χ3n) is 6.12. The van der Waals surface area contributed by atoms with Crippen molar-refractivity contribution in [2.75, 3.05) is 5.75 Å². The molecule has 0 radical (unpaired) electrons. The third kappa shape index (κ3) is 4.31. The molecule has 2 N–H and O–H groups in total. The number of alkyl halides is 3. The molecule has 0 aliphatic heterocycles. The van der Waals surface area contributed by atoms with Gasteiger partial charge in [0.2, 0.25) is 0 Å². The van der Waals surface area contributed by atoms with Crippen molar-refractivity contribution in [3.63, 3.8) is 0 Å². The second kappa shape index (κ2) is 8.65. The quantitative estimate of drug-likeness (QED) is 0.455. The SMILES string of the molecule is CCn1c(C(F)(F)F)cc2nc(-c3nc(S(=O)(=O)C4CC4)c(C(N)=O)cc3S(=O)(=O)CC)n(C)c2c1=O. The van der Waals surface area contributed by atoms with E-state index in [0.717, 1.165) is 10.6 Å². The summed E-state index contributed by atoms with van der Waals surface area (Å²) >= 11 is 0. The van der Waals surface area contributed by atoms with E-state index in [2.05, 4.69) is 9.97 Å². The van der Waals surface area contributed by atoms with Crippen molar-refractivity contribution in [1.82, 2.24) is 19.1 Å². The number of pyridine rings is 2. The minimum absolute atomic E-state index is 0.280. The molecule has 200 valence electrons. The van der Waals surface area contributed by atoms with Gasteiger partial charge in [-0.2, -0.15) is 13.2 Å². The summed E-state index contributed by atoms with van der Waals surface area (Å²) in [5.74, 6) is -2.08. The Morgan fingerprint density at radius 1 is 1.14 bits per heavy atom. The van der Waals surface area contributed by atoms with Gasteiger partial charge in [-0.05, 0) is 31.9 Å². The van der Waals surface area contributed by atoms with E-state index in [4.69, 9.17) is 5.73 Å².